The number of para-hydroxylation sites is 1. The predicted molar refractivity (Wildman–Crippen MR) is 128 cm³/mol. The van der Waals surface area contributed by atoms with Crippen LogP contribution in [0.4, 0.5) is 0 Å². The predicted octanol–water partition coefficient (Wildman–Crippen LogP) is 2.75. The summed E-state index contributed by atoms with van der Waals surface area (Å²) in [7, 11) is -3.53. The lowest BCUT2D eigenvalue weighted by atomic mass is 10.1. The molecule has 0 spiro atoms. The van der Waals surface area contributed by atoms with Crippen LogP contribution in [-0.4, -0.2) is 64.2 Å². The average molecular weight is 457 g/mol. The van der Waals surface area contributed by atoms with Crippen molar-refractivity contribution in [1.82, 2.24) is 19.9 Å². The van der Waals surface area contributed by atoms with Crippen molar-refractivity contribution in [2.24, 2.45) is 0 Å². The molecule has 0 bridgehead atoms. The second-order valence-corrected chi connectivity index (χ2v) is 9.89. The van der Waals surface area contributed by atoms with Gasteiger partial charge < -0.3 is 19.9 Å². The van der Waals surface area contributed by atoms with Gasteiger partial charge in [-0.1, -0.05) is 18.2 Å². The first-order valence-electron chi connectivity index (χ1n) is 11.3. The van der Waals surface area contributed by atoms with Crippen molar-refractivity contribution in [3.05, 3.63) is 60.3 Å². The molecule has 2 aromatic carbocycles. The molecule has 1 aliphatic rings. The molecule has 3 N–H and O–H groups in total. The molecule has 3 aromatic rings. The van der Waals surface area contributed by atoms with Crippen molar-refractivity contribution >= 4 is 20.9 Å². The zero-order valence-corrected chi connectivity index (χ0v) is 19.2. The van der Waals surface area contributed by atoms with Gasteiger partial charge in [-0.05, 0) is 55.2 Å². The Kier molecular flexibility index (Phi) is 7.81. The number of H-pyrrole nitrogens is 1. The van der Waals surface area contributed by atoms with Gasteiger partial charge in [0.2, 0.25) is 10.0 Å². The van der Waals surface area contributed by atoms with E-state index in [1.54, 1.807) is 24.3 Å². The highest BCUT2D eigenvalue weighted by Gasteiger charge is 2.14. The number of benzene rings is 2. The Balaban J connectivity index is 1.19. The molecule has 8 heteroatoms. The molecule has 7 nitrogen and oxygen atoms in total. The molecule has 32 heavy (non-hydrogen) atoms. The van der Waals surface area contributed by atoms with Crippen LogP contribution < -0.4 is 14.8 Å². The van der Waals surface area contributed by atoms with E-state index in [0.717, 1.165) is 57.5 Å². The molecule has 0 saturated carbocycles. The van der Waals surface area contributed by atoms with Gasteiger partial charge in [0.15, 0.2) is 0 Å². The Morgan fingerprint density at radius 2 is 1.78 bits per heavy atom. The lowest BCUT2D eigenvalue weighted by Gasteiger charge is -2.26. The fourth-order valence-corrected chi connectivity index (χ4v) is 5.11. The summed E-state index contributed by atoms with van der Waals surface area (Å²) in [5.74, 6) is 0.698. The average Bonchev–Trinajstić information content (AvgIpc) is 3.24. The molecule has 2 heterocycles. The molecular formula is C24H32N4O3S. The fraction of sp³-hybridized carbons (Fsp3) is 0.417. The molecule has 0 atom stereocenters. The summed E-state index contributed by atoms with van der Waals surface area (Å²) in [4.78, 5) is 5.95. The van der Waals surface area contributed by atoms with Crippen molar-refractivity contribution in [3.8, 4) is 5.75 Å². The van der Waals surface area contributed by atoms with E-state index in [4.69, 9.17) is 4.74 Å². The normalized spacial score (nSPS) is 15.2. The Bertz CT molecular complexity index is 1090. The molecular weight excluding hydrogens is 424 g/mol. The number of rotatable bonds is 11. The van der Waals surface area contributed by atoms with Crippen LogP contribution >= 0.6 is 0 Å². The zero-order valence-electron chi connectivity index (χ0n) is 18.3. The molecule has 172 valence electrons. The first-order chi connectivity index (χ1) is 15.6. The Labute approximate surface area is 190 Å². The van der Waals surface area contributed by atoms with E-state index in [-0.39, 0.29) is 4.90 Å². The van der Waals surface area contributed by atoms with Crippen LogP contribution in [0.15, 0.2) is 59.6 Å². The third-order valence-electron chi connectivity index (χ3n) is 5.82. The van der Waals surface area contributed by atoms with E-state index in [9.17, 15) is 8.42 Å². The van der Waals surface area contributed by atoms with E-state index in [0.29, 0.717) is 18.9 Å². The first-order valence-corrected chi connectivity index (χ1v) is 12.8. The van der Waals surface area contributed by atoms with E-state index < -0.39 is 10.0 Å². The number of hydrogen-bond acceptors (Lipinski definition) is 5. The van der Waals surface area contributed by atoms with Crippen molar-refractivity contribution < 1.29 is 13.2 Å². The molecule has 1 saturated heterocycles. The van der Waals surface area contributed by atoms with Gasteiger partial charge in [-0.15, -0.1) is 0 Å². The molecule has 4 rings (SSSR count). The van der Waals surface area contributed by atoms with Crippen LogP contribution in [0.25, 0.3) is 10.9 Å². The summed E-state index contributed by atoms with van der Waals surface area (Å²) in [6.07, 6.45) is 4.50. The van der Waals surface area contributed by atoms with Gasteiger partial charge in [0.1, 0.15) is 5.75 Å². The fourth-order valence-electron chi connectivity index (χ4n) is 4.04. The van der Waals surface area contributed by atoms with Crippen LogP contribution in [0.5, 0.6) is 5.75 Å². The third-order valence-corrected chi connectivity index (χ3v) is 7.30. The highest BCUT2D eigenvalue weighted by atomic mass is 32.2. The first kappa shape index (κ1) is 22.8. The minimum atomic E-state index is -3.53. The highest BCUT2D eigenvalue weighted by molar-refractivity contribution is 7.89. The second-order valence-electron chi connectivity index (χ2n) is 8.13. The van der Waals surface area contributed by atoms with Crippen LogP contribution in [0.2, 0.25) is 0 Å². The Hall–Kier alpha value is -2.39. The van der Waals surface area contributed by atoms with E-state index in [1.165, 1.54) is 10.9 Å². The summed E-state index contributed by atoms with van der Waals surface area (Å²) < 4.78 is 33.7. The lowest BCUT2D eigenvalue weighted by Crippen LogP contribution is -2.43. The molecule has 0 aliphatic carbocycles. The standard InChI is InChI=1S/C24H32N4O3S/c29-32(30,27-12-3-5-20-19-26-24-7-2-1-6-23(20)24)22-10-8-21(9-11-22)31-18-4-15-28-16-13-25-14-17-28/h1-2,6-11,19,25-27H,3-5,12-18H2. The summed E-state index contributed by atoms with van der Waals surface area (Å²) in [6.45, 7) is 6.31. The number of nitrogens with zero attached hydrogens (tertiary/aromatic N) is 1. The Morgan fingerprint density at radius 3 is 2.59 bits per heavy atom. The number of aryl methyl sites for hydroxylation is 1. The van der Waals surface area contributed by atoms with Crippen molar-refractivity contribution in [3.63, 3.8) is 0 Å². The van der Waals surface area contributed by atoms with Crippen LogP contribution in [0, 0.1) is 0 Å². The van der Waals surface area contributed by atoms with Gasteiger partial charge in [0.25, 0.3) is 0 Å². The molecule has 1 aromatic heterocycles. The number of ether oxygens (including phenoxy) is 1. The largest absolute Gasteiger partial charge is 0.494 e. The SMILES string of the molecule is O=S(=O)(NCCCc1c[nH]c2ccccc12)c1ccc(OCCCN2CCNCC2)cc1. The minimum absolute atomic E-state index is 0.262. The number of aromatic nitrogens is 1. The number of piperazine rings is 1. The summed E-state index contributed by atoms with van der Waals surface area (Å²) >= 11 is 0. The maximum Gasteiger partial charge on any atom is 0.240 e. The summed E-state index contributed by atoms with van der Waals surface area (Å²) in [5, 5.41) is 4.54. The number of hydrogen-bond donors (Lipinski definition) is 3. The maximum atomic E-state index is 12.6. The molecule has 1 aliphatic heterocycles. The zero-order chi connectivity index (χ0) is 22.2. The lowest BCUT2D eigenvalue weighted by molar-refractivity contribution is 0.214. The quantitative estimate of drug-likeness (QED) is 0.386. The Morgan fingerprint density at radius 1 is 1.00 bits per heavy atom. The van der Waals surface area contributed by atoms with Crippen LogP contribution in [0.3, 0.4) is 0 Å². The van der Waals surface area contributed by atoms with Gasteiger partial charge in [-0.25, -0.2) is 13.1 Å². The van der Waals surface area contributed by atoms with Crippen molar-refractivity contribution in [2.45, 2.75) is 24.2 Å². The molecule has 0 amide bonds. The van der Waals surface area contributed by atoms with Gasteiger partial charge in [-0.2, -0.15) is 0 Å². The monoisotopic (exact) mass is 456 g/mol. The minimum Gasteiger partial charge on any atom is -0.494 e. The van der Waals surface area contributed by atoms with Gasteiger partial charge in [0.05, 0.1) is 11.5 Å². The number of sulfonamides is 1. The van der Waals surface area contributed by atoms with Crippen molar-refractivity contribution in [1.29, 1.82) is 0 Å². The topological polar surface area (TPSA) is 86.5 Å². The van der Waals surface area contributed by atoms with Crippen LogP contribution in [0.1, 0.15) is 18.4 Å². The van der Waals surface area contributed by atoms with Gasteiger partial charge in [-0.3, -0.25) is 0 Å². The van der Waals surface area contributed by atoms with E-state index in [2.05, 4.69) is 26.0 Å². The number of aromatic amines is 1. The van der Waals surface area contributed by atoms with E-state index in [1.807, 2.05) is 24.4 Å². The summed E-state index contributed by atoms with van der Waals surface area (Å²) in [5.41, 5.74) is 2.31. The highest BCUT2D eigenvalue weighted by Crippen LogP contribution is 2.19. The summed E-state index contributed by atoms with van der Waals surface area (Å²) in [6, 6.07) is 14.8. The van der Waals surface area contributed by atoms with Gasteiger partial charge in [0, 0.05) is 56.4 Å². The maximum absolute atomic E-state index is 12.6. The van der Waals surface area contributed by atoms with Crippen LogP contribution in [-0.2, 0) is 16.4 Å². The molecule has 1 fully saturated rings. The van der Waals surface area contributed by atoms with Crippen molar-refractivity contribution in [2.75, 3.05) is 45.9 Å². The number of nitrogens with one attached hydrogen (secondary N) is 3. The van der Waals surface area contributed by atoms with Gasteiger partial charge >= 0.3 is 0 Å². The smallest absolute Gasteiger partial charge is 0.240 e. The molecule has 0 radical (unpaired) electrons. The number of fused-ring (bicyclic) bond motifs is 1. The van der Waals surface area contributed by atoms with E-state index >= 15 is 0 Å². The second kappa shape index (κ2) is 11.0. The molecule has 0 unspecified atom stereocenters. The third kappa shape index (κ3) is 6.10.